The van der Waals surface area contributed by atoms with E-state index in [4.69, 9.17) is 11.6 Å². The van der Waals surface area contributed by atoms with Crippen molar-refractivity contribution in [2.24, 2.45) is 0 Å². The lowest BCUT2D eigenvalue weighted by molar-refractivity contribution is -0.118. The van der Waals surface area contributed by atoms with Gasteiger partial charge >= 0.3 is 0 Å². The zero-order valence-electron chi connectivity index (χ0n) is 16.1. The molecule has 0 atom stereocenters. The number of fused-ring (bicyclic) bond motifs is 1. The maximum Gasteiger partial charge on any atom is 0.233 e. The van der Waals surface area contributed by atoms with Gasteiger partial charge in [-0.1, -0.05) is 52.8 Å². The Kier molecular flexibility index (Phi) is 6.15. The first-order valence-corrected chi connectivity index (χ1v) is 10.1. The van der Waals surface area contributed by atoms with Crippen LogP contribution >= 0.6 is 22.9 Å². The van der Waals surface area contributed by atoms with Gasteiger partial charge < -0.3 is 4.90 Å². The Balaban J connectivity index is 1.91. The van der Waals surface area contributed by atoms with Crippen molar-refractivity contribution < 1.29 is 4.79 Å². The molecule has 0 aliphatic rings. The van der Waals surface area contributed by atoms with Gasteiger partial charge in [-0.2, -0.15) is 0 Å². The third kappa shape index (κ3) is 4.67. The highest BCUT2D eigenvalue weighted by Gasteiger charge is 2.21. The minimum absolute atomic E-state index is 0.0546. The van der Waals surface area contributed by atoms with Gasteiger partial charge in [0.25, 0.3) is 0 Å². The number of rotatable bonds is 6. The molecule has 27 heavy (non-hydrogen) atoms. The SMILES string of the molecule is Cc1ccc(CC(=O)N(CCN(C)C)c2nc3c(Cl)cccc3s2)c(C)c1. The van der Waals surface area contributed by atoms with Gasteiger partial charge in [0, 0.05) is 13.1 Å². The van der Waals surface area contributed by atoms with Gasteiger partial charge in [0.05, 0.1) is 16.1 Å². The fourth-order valence-electron chi connectivity index (χ4n) is 2.95. The second-order valence-corrected chi connectivity index (χ2v) is 8.45. The number of carbonyl (C=O) groups excluding carboxylic acids is 1. The van der Waals surface area contributed by atoms with Crippen LogP contribution in [0.2, 0.25) is 5.02 Å². The van der Waals surface area contributed by atoms with Crippen LogP contribution in [0.25, 0.3) is 10.2 Å². The van der Waals surface area contributed by atoms with E-state index in [0.717, 1.165) is 27.9 Å². The van der Waals surface area contributed by atoms with Crippen LogP contribution in [0.4, 0.5) is 5.13 Å². The number of anilines is 1. The number of likely N-dealkylation sites (N-methyl/N-ethyl adjacent to an activating group) is 1. The van der Waals surface area contributed by atoms with Crippen molar-refractivity contribution in [3.63, 3.8) is 0 Å². The summed E-state index contributed by atoms with van der Waals surface area (Å²) in [5.41, 5.74) is 4.16. The Morgan fingerprint density at radius 2 is 1.93 bits per heavy atom. The standard InChI is InChI=1S/C21H24ClN3OS/c1-14-8-9-16(15(2)12-14)13-19(26)25(11-10-24(3)4)21-23-20-17(22)6-5-7-18(20)27-21/h5-9,12H,10-11,13H2,1-4H3. The number of amides is 1. The highest BCUT2D eigenvalue weighted by Crippen LogP contribution is 2.33. The van der Waals surface area contributed by atoms with E-state index in [2.05, 4.69) is 35.9 Å². The summed E-state index contributed by atoms with van der Waals surface area (Å²) < 4.78 is 0.992. The Labute approximate surface area is 169 Å². The number of halogens is 1. The molecule has 1 aromatic heterocycles. The van der Waals surface area contributed by atoms with Gasteiger partial charge in [0.1, 0.15) is 5.52 Å². The highest BCUT2D eigenvalue weighted by molar-refractivity contribution is 7.22. The number of benzene rings is 2. The fraction of sp³-hybridized carbons (Fsp3) is 0.333. The van der Waals surface area contributed by atoms with E-state index in [9.17, 15) is 4.79 Å². The third-order valence-corrected chi connectivity index (χ3v) is 5.85. The Morgan fingerprint density at radius 1 is 1.15 bits per heavy atom. The van der Waals surface area contributed by atoms with Gasteiger partial charge in [0.15, 0.2) is 5.13 Å². The van der Waals surface area contributed by atoms with Crippen LogP contribution in [0.3, 0.4) is 0 Å². The van der Waals surface area contributed by atoms with Crippen molar-refractivity contribution in [3.05, 3.63) is 58.1 Å². The quantitative estimate of drug-likeness (QED) is 0.600. The van der Waals surface area contributed by atoms with E-state index < -0.39 is 0 Å². The number of aryl methyl sites for hydroxylation is 2. The predicted octanol–water partition coefficient (Wildman–Crippen LogP) is 4.70. The van der Waals surface area contributed by atoms with Crippen LogP contribution in [0.5, 0.6) is 0 Å². The molecule has 0 fully saturated rings. The molecule has 0 aliphatic heterocycles. The van der Waals surface area contributed by atoms with E-state index in [1.54, 1.807) is 4.90 Å². The average Bonchev–Trinajstić information content (AvgIpc) is 3.02. The Morgan fingerprint density at radius 3 is 2.59 bits per heavy atom. The molecular formula is C21H24ClN3OS. The lowest BCUT2D eigenvalue weighted by atomic mass is 10.0. The summed E-state index contributed by atoms with van der Waals surface area (Å²) in [7, 11) is 4.00. The van der Waals surface area contributed by atoms with Gasteiger partial charge in [-0.05, 0) is 51.2 Å². The first kappa shape index (κ1) is 19.8. The van der Waals surface area contributed by atoms with E-state index in [1.165, 1.54) is 16.9 Å². The fourth-order valence-corrected chi connectivity index (χ4v) is 4.26. The first-order chi connectivity index (χ1) is 12.8. The number of nitrogens with zero attached hydrogens (tertiary/aromatic N) is 3. The minimum atomic E-state index is 0.0546. The van der Waals surface area contributed by atoms with E-state index in [1.807, 2.05) is 38.4 Å². The zero-order valence-corrected chi connectivity index (χ0v) is 17.7. The van der Waals surface area contributed by atoms with Crippen LogP contribution in [0.1, 0.15) is 16.7 Å². The third-order valence-electron chi connectivity index (χ3n) is 4.50. The summed E-state index contributed by atoms with van der Waals surface area (Å²) in [5.74, 6) is 0.0546. The van der Waals surface area contributed by atoms with Crippen molar-refractivity contribution >= 4 is 44.2 Å². The summed E-state index contributed by atoms with van der Waals surface area (Å²) in [6, 6.07) is 11.9. The van der Waals surface area contributed by atoms with Gasteiger partial charge in [-0.15, -0.1) is 0 Å². The second-order valence-electron chi connectivity index (χ2n) is 7.04. The molecule has 0 bridgehead atoms. The van der Waals surface area contributed by atoms with Crippen molar-refractivity contribution in [2.45, 2.75) is 20.3 Å². The lowest BCUT2D eigenvalue weighted by Crippen LogP contribution is -2.37. The summed E-state index contributed by atoms with van der Waals surface area (Å²) in [6.07, 6.45) is 0.364. The number of carbonyl (C=O) groups is 1. The molecule has 142 valence electrons. The van der Waals surface area contributed by atoms with E-state index in [-0.39, 0.29) is 5.91 Å². The molecule has 3 rings (SSSR count). The summed E-state index contributed by atoms with van der Waals surface area (Å²) in [4.78, 5) is 21.7. The maximum atomic E-state index is 13.2. The number of hydrogen-bond acceptors (Lipinski definition) is 4. The van der Waals surface area contributed by atoms with Crippen LogP contribution < -0.4 is 4.90 Å². The predicted molar refractivity (Wildman–Crippen MR) is 115 cm³/mol. The van der Waals surface area contributed by atoms with Crippen LogP contribution in [0.15, 0.2) is 36.4 Å². The zero-order chi connectivity index (χ0) is 19.6. The van der Waals surface area contributed by atoms with Crippen LogP contribution in [-0.4, -0.2) is 43.0 Å². The molecule has 1 amide bonds. The molecule has 3 aromatic rings. The van der Waals surface area contributed by atoms with Crippen molar-refractivity contribution in [2.75, 3.05) is 32.1 Å². The first-order valence-electron chi connectivity index (χ1n) is 8.91. The second kappa shape index (κ2) is 8.38. The molecule has 1 heterocycles. The number of para-hydroxylation sites is 1. The topological polar surface area (TPSA) is 36.4 Å². The molecule has 0 unspecified atom stereocenters. The minimum Gasteiger partial charge on any atom is -0.308 e. The molecule has 6 heteroatoms. The van der Waals surface area contributed by atoms with Crippen LogP contribution in [-0.2, 0) is 11.2 Å². The molecule has 0 saturated heterocycles. The monoisotopic (exact) mass is 401 g/mol. The molecule has 0 N–H and O–H groups in total. The molecule has 0 saturated carbocycles. The van der Waals surface area contributed by atoms with Crippen molar-refractivity contribution in [3.8, 4) is 0 Å². The van der Waals surface area contributed by atoms with Crippen LogP contribution in [0, 0.1) is 13.8 Å². The summed E-state index contributed by atoms with van der Waals surface area (Å²) in [6.45, 7) is 5.47. The van der Waals surface area contributed by atoms with Gasteiger partial charge in [0.2, 0.25) is 5.91 Å². The molecule has 0 spiro atoms. The highest BCUT2D eigenvalue weighted by atomic mass is 35.5. The largest absolute Gasteiger partial charge is 0.308 e. The Bertz CT molecular complexity index is 967. The van der Waals surface area contributed by atoms with Crippen molar-refractivity contribution in [1.82, 2.24) is 9.88 Å². The molecule has 0 aliphatic carbocycles. The van der Waals surface area contributed by atoms with Gasteiger partial charge in [-0.3, -0.25) is 9.69 Å². The number of hydrogen-bond donors (Lipinski definition) is 0. The smallest absolute Gasteiger partial charge is 0.233 e. The molecular weight excluding hydrogens is 378 g/mol. The molecule has 2 aromatic carbocycles. The number of aromatic nitrogens is 1. The normalized spacial score (nSPS) is 11.3. The average molecular weight is 402 g/mol. The van der Waals surface area contributed by atoms with E-state index in [0.29, 0.717) is 23.1 Å². The molecule has 4 nitrogen and oxygen atoms in total. The van der Waals surface area contributed by atoms with E-state index >= 15 is 0 Å². The van der Waals surface area contributed by atoms with Crippen molar-refractivity contribution in [1.29, 1.82) is 0 Å². The maximum absolute atomic E-state index is 13.2. The Hall–Kier alpha value is -1.95. The van der Waals surface area contributed by atoms with Gasteiger partial charge in [-0.25, -0.2) is 4.98 Å². The summed E-state index contributed by atoms with van der Waals surface area (Å²) >= 11 is 7.79. The number of thiazole rings is 1. The summed E-state index contributed by atoms with van der Waals surface area (Å²) in [5, 5.41) is 1.32. The lowest BCUT2D eigenvalue weighted by Gasteiger charge is -2.22. The molecule has 0 radical (unpaired) electrons.